The van der Waals surface area contributed by atoms with E-state index in [4.69, 9.17) is 4.74 Å². The summed E-state index contributed by atoms with van der Waals surface area (Å²) < 4.78 is 29.9. The molecule has 2 N–H and O–H groups in total. The van der Waals surface area contributed by atoms with Gasteiger partial charge in [-0.1, -0.05) is 24.3 Å². The Balaban J connectivity index is 2.33. The van der Waals surface area contributed by atoms with E-state index in [0.717, 1.165) is 11.1 Å². The Labute approximate surface area is 136 Å². The van der Waals surface area contributed by atoms with E-state index in [-0.39, 0.29) is 0 Å². The summed E-state index contributed by atoms with van der Waals surface area (Å²) in [7, 11) is 0. The zero-order valence-electron chi connectivity index (χ0n) is 14.2. The summed E-state index contributed by atoms with van der Waals surface area (Å²) >= 11 is 0. The standard InChI is InChI=1S/C17H26F2N2O2/c1-12(15(18)19)21-11-14-7-5-13(6-8-14)9-10-20-16(22)23-17(2,3)4/h5-8,12,15,21H,9-11H2,1-4H3,(H,20,22). The highest BCUT2D eigenvalue weighted by Gasteiger charge is 2.15. The highest BCUT2D eigenvalue weighted by atomic mass is 19.3. The van der Waals surface area contributed by atoms with Crippen LogP contribution in [-0.2, 0) is 17.7 Å². The Morgan fingerprint density at radius 2 is 1.74 bits per heavy atom. The number of alkyl halides is 2. The van der Waals surface area contributed by atoms with E-state index >= 15 is 0 Å². The molecule has 1 unspecified atom stereocenters. The van der Waals surface area contributed by atoms with Crippen molar-refractivity contribution in [2.75, 3.05) is 6.54 Å². The first kappa shape index (κ1) is 19.4. The minimum atomic E-state index is -2.37. The summed E-state index contributed by atoms with van der Waals surface area (Å²) in [6.07, 6.45) is -2.12. The van der Waals surface area contributed by atoms with Crippen molar-refractivity contribution >= 4 is 6.09 Å². The van der Waals surface area contributed by atoms with Gasteiger partial charge < -0.3 is 15.4 Å². The number of carbonyl (C=O) groups excluding carboxylic acids is 1. The van der Waals surface area contributed by atoms with Crippen molar-refractivity contribution in [1.82, 2.24) is 10.6 Å². The van der Waals surface area contributed by atoms with Crippen molar-refractivity contribution in [2.45, 2.75) is 58.7 Å². The van der Waals surface area contributed by atoms with E-state index in [0.29, 0.717) is 19.5 Å². The van der Waals surface area contributed by atoms with Gasteiger partial charge in [-0.25, -0.2) is 13.6 Å². The second-order valence-electron chi connectivity index (χ2n) is 6.50. The third-order valence-corrected chi connectivity index (χ3v) is 3.11. The Kier molecular flexibility index (Phi) is 7.42. The van der Waals surface area contributed by atoms with Crippen LogP contribution in [0.25, 0.3) is 0 Å². The predicted octanol–water partition coefficient (Wildman–Crippen LogP) is 3.50. The summed E-state index contributed by atoms with van der Waals surface area (Å²) in [6, 6.07) is 6.83. The highest BCUT2D eigenvalue weighted by molar-refractivity contribution is 5.67. The van der Waals surface area contributed by atoms with Gasteiger partial charge in [0.15, 0.2) is 0 Å². The molecule has 0 aliphatic rings. The fraction of sp³-hybridized carbons (Fsp3) is 0.588. The molecule has 0 spiro atoms. The normalized spacial score (nSPS) is 13.0. The SMILES string of the molecule is CC(NCc1ccc(CCNC(=O)OC(C)(C)C)cc1)C(F)F. The lowest BCUT2D eigenvalue weighted by molar-refractivity contribution is 0.0528. The number of rotatable bonds is 7. The van der Waals surface area contributed by atoms with Gasteiger partial charge in [-0.15, -0.1) is 0 Å². The summed E-state index contributed by atoms with van der Waals surface area (Å²) in [5.74, 6) is 0. The Morgan fingerprint density at radius 1 is 1.17 bits per heavy atom. The van der Waals surface area contributed by atoms with Crippen LogP contribution < -0.4 is 10.6 Å². The summed E-state index contributed by atoms with van der Waals surface area (Å²) in [5.41, 5.74) is 1.50. The first-order valence-electron chi connectivity index (χ1n) is 7.73. The average Bonchev–Trinajstić information content (AvgIpc) is 2.44. The van der Waals surface area contributed by atoms with E-state index in [1.807, 2.05) is 45.0 Å². The Hall–Kier alpha value is -1.69. The molecule has 0 heterocycles. The van der Waals surface area contributed by atoms with Gasteiger partial charge in [-0.3, -0.25) is 0 Å². The van der Waals surface area contributed by atoms with Crippen LogP contribution in [0, 0.1) is 0 Å². The number of nitrogens with one attached hydrogen (secondary N) is 2. The Bertz CT molecular complexity index is 484. The quantitative estimate of drug-likeness (QED) is 0.805. The van der Waals surface area contributed by atoms with Crippen molar-refractivity contribution in [2.24, 2.45) is 0 Å². The number of carbonyl (C=O) groups is 1. The fourth-order valence-electron chi connectivity index (χ4n) is 1.81. The molecular weight excluding hydrogens is 302 g/mol. The molecule has 0 aromatic heterocycles. The zero-order chi connectivity index (χ0) is 17.5. The molecule has 1 aromatic rings. The molecule has 1 rings (SSSR count). The molecule has 0 aliphatic heterocycles. The lowest BCUT2D eigenvalue weighted by Crippen LogP contribution is -2.33. The monoisotopic (exact) mass is 328 g/mol. The number of amides is 1. The van der Waals surface area contributed by atoms with Gasteiger partial charge in [0.25, 0.3) is 6.43 Å². The first-order chi connectivity index (χ1) is 10.7. The number of hydrogen-bond acceptors (Lipinski definition) is 3. The van der Waals surface area contributed by atoms with Crippen LogP contribution in [0.1, 0.15) is 38.8 Å². The molecule has 0 aliphatic carbocycles. The lowest BCUT2D eigenvalue weighted by Gasteiger charge is -2.19. The van der Waals surface area contributed by atoms with Crippen molar-refractivity contribution in [3.63, 3.8) is 0 Å². The van der Waals surface area contributed by atoms with Gasteiger partial charge in [-0.2, -0.15) is 0 Å². The average molecular weight is 328 g/mol. The van der Waals surface area contributed by atoms with Crippen molar-refractivity contribution in [3.05, 3.63) is 35.4 Å². The number of hydrogen-bond donors (Lipinski definition) is 2. The molecule has 130 valence electrons. The molecule has 23 heavy (non-hydrogen) atoms. The topological polar surface area (TPSA) is 50.4 Å². The minimum Gasteiger partial charge on any atom is -0.444 e. The molecule has 0 fully saturated rings. The van der Waals surface area contributed by atoms with Crippen LogP contribution in [0.4, 0.5) is 13.6 Å². The molecule has 0 saturated heterocycles. The van der Waals surface area contributed by atoms with Crippen LogP contribution >= 0.6 is 0 Å². The predicted molar refractivity (Wildman–Crippen MR) is 86.7 cm³/mol. The van der Waals surface area contributed by atoms with Crippen molar-refractivity contribution in [3.8, 4) is 0 Å². The van der Waals surface area contributed by atoms with Crippen LogP contribution in [-0.4, -0.2) is 30.7 Å². The third kappa shape index (κ3) is 8.50. The molecule has 4 nitrogen and oxygen atoms in total. The number of alkyl carbamates (subject to hydrolysis) is 1. The van der Waals surface area contributed by atoms with Crippen LogP contribution in [0.2, 0.25) is 0 Å². The van der Waals surface area contributed by atoms with E-state index in [2.05, 4.69) is 10.6 Å². The van der Waals surface area contributed by atoms with E-state index in [1.165, 1.54) is 6.92 Å². The number of halogens is 2. The van der Waals surface area contributed by atoms with E-state index < -0.39 is 24.2 Å². The second-order valence-corrected chi connectivity index (χ2v) is 6.50. The molecule has 6 heteroatoms. The number of ether oxygens (including phenoxy) is 1. The fourth-order valence-corrected chi connectivity index (χ4v) is 1.81. The molecular formula is C17H26F2N2O2. The zero-order valence-corrected chi connectivity index (χ0v) is 14.2. The molecule has 1 aromatic carbocycles. The Morgan fingerprint density at radius 3 is 2.26 bits per heavy atom. The first-order valence-corrected chi connectivity index (χ1v) is 7.73. The van der Waals surface area contributed by atoms with Gasteiger partial charge in [-0.05, 0) is 45.2 Å². The molecule has 1 atom stereocenters. The van der Waals surface area contributed by atoms with Gasteiger partial charge in [0.1, 0.15) is 5.60 Å². The highest BCUT2D eigenvalue weighted by Crippen LogP contribution is 2.08. The van der Waals surface area contributed by atoms with Gasteiger partial charge >= 0.3 is 6.09 Å². The summed E-state index contributed by atoms with van der Waals surface area (Å²) in [4.78, 5) is 11.5. The lowest BCUT2D eigenvalue weighted by atomic mass is 10.1. The van der Waals surface area contributed by atoms with Crippen molar-refractivity contribution < 1.29 is 18.3 Å². The minimum absolute atomic E-state index is 0.405. The molecule has 0 saturated carbocycles. The van der Waals surface area contributed by atoms with Gasteiger partial charge in [0.2, 0.25) is 0 Å². The largest absolute Gasteiger partial charge is 0.444 e. The van der Waals surface area contributed by atoms with Crippen molar-refractivity contribution in [1.29, 1.82) is 0 Å². The van der Waals surface area contributed by atoms with Crippen LogP contribution in [0.15, 0.2) is 24.3 Å². The molecule has 0 bridgehead atoms. The molecule has 0 radical (unpaired) electrons. The second kappa shape index (κ2) is 8.82. The maximum atomic E-state index is 12.4. The van der Waals surface area contributed by atoms with E-state index in [1.54, 1.807) is 0 Å². The van der Waals surface area contributed by atoms with Crippen LogP contribution in [0.3, 0.4) is 0 Å². The number of benzene rings is 1. The summed E-state index contributed by atoms with van der Waals surface area (Å²) in [5, 5.41) is 5.47. The molecule has 1 amide bonds. The maximum absolute atomic E-state index is 12.4. The third-order valence-electron chi connectivity index (χ3n) is 3.11. The van der Waals surface area contributed by atoms with E-state index in [9.17, 15) is 13.6 Å². The van der Waals surface area contributed by atoms with Gasteiger partial charge in [0, 0.05) is 13.1 Å². The smallest absolute Gasteiger partial charge is 0.407 e. The maximum Gasteiger partial charge on any atom is 0.407 e. The summed E-state index contributed by atoms with van der Waals surface area (Å²) in [6.45, 7) is 7.79. The van der Waals surface area contributed by atoms with Gasteiger partial charge in [0.05, 0.1) is 6.04 Å². The van der Waals surface area contributed by atoms with Crippen LogP contribution in [0.5, 0.6) is 0 Å².